The van der Waals surface area contributed by atoms with Gasteiger partial charge in [-0.15, -0.1) is 0 Å². The predicted molar refractivity (Wildman–Crippen MR) is 117 cm³/mol. The Balaban J connectivity index is 1.76. The maximum atomic E-state index is 13.2. The van der Waals surface area contributed by atoms with Crippen molar-refractivity contribution < 1.29 is 18.7 Å². The smallest absolute Gasteiger partial charge is 0.310 e. The highest BCUT2D eigenvalue weighted by molar-refractivity contribution is 9.10. The maximum absolute atomic E-state index is 13.2. The van der Waals surface area contributed by atoms with Gasteiger partial charge in [-0.1, -0.05) is 35.9 Å². The summed E-state index contributed by atoms with van der Waals surface area (Å²) in [5.74, 6) is 1.03. The molecule has 0 spiro atoms. The lowest BCUT2D eigenvalue weighted by atomic mass is 9.98. The monoisotopic (exact) mass is 488 g/mol. The zero-order chi connectivity index (χ0) is 21.3. The summed E-state index contributed by atoms with van der Waals surface area (Å²) in [6.45, 7) is 0. The van der Waals surface area contributed by atoms with Gasteiger partial charge in [0.2, 0.25) is 0 Å². The van der Waals surface area contributed by atoms with Crippen molar-refractivity contribution in [3.63, 3.8) is 0 Å². The molecule has 8 heteroatoms. The molecule has 2 aromatic carbocycles. The second kappa shape index (κ2) is 8.53. The Hall–Kier alpha value is -2.77. The molecule has 0 saturated carbocycles. The number of furan rings is 1. The van der Waals surface area contributed by atoms with Gasteiger partial charge in [0.15, 0.2) is 21.9 Å². The molecule has 0 unspecified atom stereocenters. The van der Waals surface area contributed by atoms with Gasteiger partial charge in [-0.2, -0.15) is 5.10 Å². The highest BCUT2D eigenvalue weighted by atomic mass is 79.9. The number of benzene rings is 2. The largest absolute Gasteiger partial charge is 0.493 e. The summed E-state index contributed by atoms with van der Waals surface area (Å²) in [5, 5.41) is 6.65. The lowest BCUT2D eigenvalue weighted by molar-refractivity contribution is 0.0677. The Bertz CT molecular complexity index is 1130. The fourth-order valence-corrected chi connectivity index (χ4v) is 3.97. The molecular weight excluding hydrogens is 472 g/mol. The van der Waals surface area contributed by atoms with E-state index in [0.717, 1.165) is 16.8 Å². The first kappa shape index (κ1) is 20.5. The number of hydrogen-bond donors (Lipinski definition) is 0. The number of ether oxygens (including phenoxy) is 2. The summed E-state index contributed by atoms with van der Waals surface area (Å²) in [6, 6.07) is 15.9. The van der Waals surface area contributed by atoms with Gasteiger partial charge in [0.1, 0.15) is 0 Å². The topological polar surface area (TPSA) is 64.3 Å². The quantitative estimate of drug-likeness (QED) is 0.461. The molecular formula is C22H18BrClN2O4. The van der Waals surface area contributed by atoms with Crippen molar-refractivity contribution in [2.75, 3.05) is 14.2 Å². The normalized spacial score (nSPS) is 15.8. The van der Waals surface area contributed by atoms with Crippen molar-refractivity contribution in [2.24, 2.45) is 5.10 Å². The SMILES string of the molecule is COc1ccc([C@H]2CC(c3ccccc3Cl)=NN2C(=O)c2ccc(Br)o2)cc1OC. The van der Waals surface area contributed by atoms with Gasteiger partial charge in [0.25, 0.3) is 0 Å². The lowest BCUT2D eigenvalue weighted by Gasteiger charge is -2.22. The summed E-state index contributed by atoms with van der Waals surface area (Å²) in [4.78, 5) is 13.2. The van der Waals surface area contributed by atoms with Gasteiger partial charge in [-0.3, -0.25) is 4.79 Å². The van der Waals surface area contributed by atoms with Crippen molar-refractivity contribution in [3.8, 4) is 11.5 Å². The van der Waals surface area contributed by atoms with Gasteiger partial charge in [-0.25, -0.2) is 5.01 Å². The molecule has 0 aliphatic carbocycles. The number of hydrazone groups is 1. The van der Waals surface area contributed by atoms with Gasteiger partial charge < -0.3 is 13.9 Å². The summed E-state index contributed by atoms with van der Waals surface area (Å²) in [5.41, 5.74) is 2.37. The molecule has 0 radical (unpaired) electrons. The minimum atomic E-state index is -0.354. The minimum absolute atomic E-state index is 0.191. The molecule has 0 saturated heterocycles. The average Bonchev–Trinajstić information content (AvgIpc) is 3.40. The predicted octanol–water partition coefficient (Wildman–Crippen LogP) is 5.70. The van der Waals surface area contributed by atoms with Crippen molar-refractivity contribution in [1.82, 2.24) is 5.01 Å². The second-order valence-corrected chi connectivity index (χ2v) is 7.80. The fraction of sp³-hybridized carbons (Fsp3) is 0.182. The number of carbonyl (C=O) groups is 1. The molecule has 2 heterocycles. The summed E-state index contributed by atoms with van der Waals surface area (Å²) >= 11 is 9.63. The number of nitrogens with zero attached hydrogens (tertiary/aromatic N) is 2. The zero-order valence-corrected chi connectivity index (χ0v) is 18.6. The molecule has 1 aliphatic rings. The van der Waals surface area contributed by atoms with Gasteiger partial charge >= 0.3 is 5.91 Å². The molecule has 0 N–H and O–H groups in total. The van der Waals surface area contributed by atoms with Crippen molar-refractivity contribution in [3.05, 3.63) is 81.2 Å². The van der Waals surface area contributed by atoms with Crippen LogP contribution in [0.25, 0.3) is 0 Å². The standard InChI is InChI=1S/C22H18BrClN2O4/c1-28-18-8-7-13(11-20(18)29-2)17-12-16(14-5-3-4-6-15(14)24)25-26(17)22(27)19-9-10-21(23)30-19/h3-11,17H,12H2,1-2H3/t17-/m1/s1. The van der Waals surface area contributed by atoms with Crippen LogP contribution in [0.3, 0.4) is 0 Å². The Kier molecular flexibility index (Phi) is 5.83. The van der Waals surface area contributed by atoms with Crippen LogP contribution < -0.4 is 9.47 Å². The minimum Gasteiger partial charge on any atom is -0.493 e. The van der Waals surface area contributed by atoms with E-state index in [1.165, 1.54) is 5.01 Å². The highest BCUT2D eigenvalue weighted by Crippen LogP contribution is 2.39. The molecule has 3 aromatic rings. The number of halogens is 2. The van der Waals surface area contributed by atoms with E-state index in [1.807, 2.05) is 36.4 Å². The Morgan fingerprint density at radius 2 is 1.90 bits per heavy atom. The molecule has 1 aliphatic heterocycles. The Labute approximate surface area is 187 Å². The van der Waals surface area contributed by atoms with E-state index in [4.69, 9.17) is 25.5 Å². The van der Waals surface area contributed by atoms with Crippen LogP contribution in [0, 0.1) is 0 Å². The number of methoxy groups -OCH3 is 2. The highest BCUT2D eigenvalue weighted by Gasteiger charge is 2.36. The van der Waals surface area contributed by atoms with Crippen molar-refractivity contribution in [1.29, 1.82) is 0 Å². The first-order valence-electron chi connectivity index (χ1n) is 9.15. The molecule has 0 fully saturated rings. The van der Waals surface area contributed by atoms with E-state index in [1.54, 1.807) is 32.4 Å². The lowest BCUT2D eigenvalue weighted by Crippen LogP contribution is -2.26. The van der Waals surface area contributed by atoms with Crippen LogP contribution >= 0.6 is 27.5 Å². The molecule has 1 aromatic heterocycles. The van der Waals surface area contributed by atoms with Crippen LogP contribution in [0.4, 0.5) is 0 Å². The van der Waals surface area contributed by atoms with Crippen LogP contribution in [0.2, 0.25) is 5.02 Å². The fourth-order valence-electron chi connectivity index (χ4n) is 3.42. The van der Waals surface area contributed by atoms with Crippen molar-refractivity contribution >= 4 is 39.1 Å². The van der Waals surface area contributed by atoms with E-state index in [9.17, 15) is 4.79 Å². The molecule has 30 heavy (non-hydrogen) atoms. The third-order valence-electron chi connectivity index (χ3n) is 4.88. The second-order valence-electron chi connectivity index (χ2n) is 6.61. The number of amides is 1. The van der Waals surface area contributed by atoms with E-state index in [0.29, 0.717) is 27.6 Å². The molecule has 154 valence electrons. The van der Waals surface area contributed by atoms with E-state index in [-0.39, 0.29) is 17.7 Å². The summed E-state index contributed by atoms with van der Waals surface area (Å²) < 4.78 is 16.7. The maximum Gasteiger partial charge on any atom is 0.310 e. The van der Waals surface area contributed by atoms with E-state index >= 15 is 0 Å². The summed E-state index contributed by atoms with van der Waals surface area (Å²) in [6.07, 6.45) is 0.493. The van der Waals surface area contributed by atoms with Crippen LogP contribution in [0.1, 0.15) is 34.1 Å². The Morgan fingerprint density at radius 3 is 2.57 bits per heavy atom. The molecule has 1 amide bonds. The van der Waals surface area contributed by atoms with E-state index < -0.39 is 0 Å². The van der Waals surface area contributed by atoms with Crippen LogP contribution in [0.15, 0.2) is 68.8 Å². The third-order valence-corrected chi connectivity index (χ3v) is 5.64. The summed E-state index contributed by atoms with van der Waals surface area (Å²) in [7, 11) is 3.15. The first-order chi connectivity index (χ1) is 14.5. The molecule has 4 rings (SSSR count). The average molecular weight is 490 g/mol. The van der Waals surface area contributed by atoms with Crippen molar-refractivity contribution in [2.45, 2.75) is 12.5 Å². The van der Waals surface area contributed by atoms with Gasteiger partial charge in [-0.05, 0) is 51.8 Å². The Morgan fingerprint density at radius 1 is 1.13 bits per heavy atom. The third kappa shape index (κ3) is 3.82. The molecule has 1 atom stereocenters. The van der Waals surface area contributed by atoms with Gasteiger partial charge in [0, 0.05) is 17.0 Å². The molecule has 6 nitrogen and oxygen atoms in total. The number of hydrogen-bond acceptors (Lipinski definition) is 5. The zero-order valence-electron chi connectivity index (χ0n) is 16.3. The number of carbonyl (C=O) groups excluding carboxylic acids is 1. The van der Waals surface area contributed by atoms with Crippen LogP contribution in [-0.2, 0) is 0 Å². The number of rotatable bonds is 5. The van der Waals surface area contributed by atoms with Gasteiger partial charge in [0.05, 0.1) is 26.0 Å². The first-order valence-corrected chi connectivity index (χ1v) is 10.3. The van der Waals surface area contributed by atoms with Crippen LogP contribution in [0.5, 0.6) is 11.5 Å². The van der Waals surface area contributed by atoms with E-state index in [2.05, 4.69) is 21.0 Å². The molecule has 0 bridgehead atoms. The van der Waals surface area contributed by atoms with Crippen LogP contribution in [-0.4, -0.2) is 30.8 Å².